The van der Waals surface area contributed by atoms with E-state index in [9.17, 15) is 0 Å². The van der Waals surface area contributed by atoms with Crippen molar-refractivity contribution in [2.45, 2.75) is 6.92 Å². The average Bonchev–Trinajstić information content (AvgIpc) is 2.16. The molecule has 2 N–H and O–H groups in total. The second-order valence-corrected chi connectivity index (χ2v) is 2.94. The zero-order chi connectivity index (χ0) is 9.52. The zero-order valence-electron chi connectivity index (χ0n) is 7.90. The third kappa shape index (κ3) is 3.72. The molecule has 0 aromatic heterocycles. The van der Waals surface area contributed by atoms with Crippen LogP contribution in [-0.2, 0) is 0 Å². The Kier molecular flexibility index (Phi) is 4.00. The molecule has 13 heavy (non-hydrogen) atoms. The molecule has 0 unspecified atom stereocenters. The molecule has 0 aliphatic carbocycles. The Balaban J connectivity index is 2.71. The SMILES string of the molecule is CC(/C=C/CN)=C\c1ccccc1. The highest BCUT2D eigenvalue weighted by molar-refractivity contribution is 5.54. The molecule has 0 fully saturated rings. The normalized spacial score (nSPS) is 12.3. The number of benzene rings is 1. The molecule has 68 valence electrons. The van der Waals surface area contributed by atoms with Gasteiger partial charge in [-0.05, 0) is 12.5 Å². The van der Waals surface area contributed by atoms with E-state index in [0.29, 0.717) is 6.54 Å². The summed E-state index contributed by atoms with van der Waals surface area (Å²) in [6, 6.07) is 10.2. The summed E-state index contributed by atoms with van der Waals surface area (Å²) in [5.74, 6) is 0. The van der Waals surface area contributed by atoms with Crippen LogP contribution in [0.4, 0.5) is 0 Å². The minimum absolute atomic E-state index is 0.597. The van der Waals surface area contributed by atoms with Crippen LogP contribution in [0.25, 0.3) is 6.08 Å². The summed E-state index contributed by atoms with van der Waals surface area (Å²) in [5.41, 5.74) is 7.80. The standard InChI is InChI=1S/C12H15N/c1-11(6-5-9-13)10-12-7-3-2-4-8-12/h2-8,10H,9,13H2,1H3/b6-5+,11-10+. The van der Waals surface area contributed by atoms with E-state index in [2.05, 4.69) is 25.1 Å². The predicted octanol–water partition coefficient (Wildman–Crippen LogP) is 2.60. The lowest BCUT2D eigenvalue weighted by Gasteiger charge is -1.93. The second kappa shape index (κ2) is 5.33. The van der Waals surface area contributed by atoms with Crippen molar-refractivity contribution in [2.24, 2.45) is 5.73 Å². The number of hydrogen-bond donors (Lipinski definition) is 1. The van der Waals surface area contributed by atoms with Gasteiger partial charge in [0, 0.05) is 6.54 Å². The summed E-state index contributed by atoms with van der Waals surface area (Å²) < 4.78 is 0. The number of allylic oxidation sites excluding steroid dienone is 2. The van der Waals surface area contributed by atoms with Crippen molar-refractivity contribution in [3.63, 3.8) is 0 Å². The lowest BCUT2D eigenvalue weighted by atomic mass is 10.1. The molecule has 0 radical (unpaired) electrons. The molecule has 0 bridgehead atoms. The Morgan fingerprint density at radius 2 is 2.00 bits per heavy atom. The van der Waals surface area contributed by atoms with E-state index in [0.717, 1.165) is 0 Å². The third-order valence-corrected chi connectivity index (χ3v) is 1.71. The Morgan fingerprint density at radius 3 is 2.62 bits per heavy atom. The van der Waals surface area contributed by atoms with Gasteiger partial charge in [-0.15, -0.1) is 0 Å². The highest BCUT2D eigenvalue weighted by atomic mass is 14.5. The molecule has 1 aromatic rings. The summed E-state index contributed by atoms with van der Waals surface area (Å²) in [4.78, 5) is 0. The topological polar surface area (TPSA) is 26.0 Å². The van der Waals surface area contributed by atoms with E-state index >= 15 is 0 Å². The van der Waals surface area contributed by atoms with Gasteiger partial charge in [0.2, 0.25) is 0 Å². The molecule has 1 nitrogen and oxygen atoms in total. The molecular formula is C12H15N. The molecule has 0 saturated heterocycles. The summed E-state index contributed by atoms with van der Waals surface area (Å²) in [6.07, 6.45) is 6.12. The summed E-state index contributed by atoms with van der Waals surface area (Å²) in [6.45, 7) is 2.67. The van der Waals surface area contributed by atoms with Gasteiger partial charge in [0.15, 0.2) is 0 Å². The van der Waals surface area contributed by atoms with Crippen molar-refractivity contribution < 1.29 is 0 Å². The van der Waals surface area contributed by atoms with Crippen LogP contribution < -0.4 is 5.73 Å². The van der Waals surface area contributed by atoms with Crippen LogP contribution in [0.2, 0.25) is 0 Å². The van der Waals surface area contributed by atoms with Crippen LogP contribution >= 0.6 is 0 Å². The first-order valence-corrected chi connectivity index (χ1v) is 4.43. The van der Waals surface area contributed by atoms with Crippen LogP contribution in [-0.4, -0.2) is 6.54 Å². The van der Waals surface area contributed by atoms with E-state index in [1.54, 1.807) is 0 Å². The first-order chi connectivity index (χ1) is 6.33. The predicted molar refractivity (Wildman–Crippen MR) is 58.3 cm³/mol. The van der Waals surface area contributed by atoms with Gasteiger partial charge in [0.05, 0.1) is 0 Å². The molecule has 0 spiro atoms. The molecular weight excluding hydrogens is 158 g/mol. The zero-order valence-corrected chi connectivity index (χ0v) is 7.90. The van der Waals surface area contributed by atoms with Crippen LogP contribution in [0.3, 0.4) is 0 Å². The van der Waals surface area contributed by atoms with Gasteiger partial charge >= 0.3 is 0 Å². The van der Waals surface area contributed by atoms with Gasteiger partial charge in [-0.1, -0.05) is 54.1 Å². The Hall–Kier alpha value is -1.34. The molecule has 0 heterocycles. The molecule has 0 aliphatic rings. The van der Waals surface area contributed by atoms with Gasteiger partial charge in [-0.2, -0.15) is 0 Å². The van der Waals surface area contributed by atoms with Crippen molar-refractivity contribution in [3.05, 3.63) is 53.6 Å². The molecule has 0 saturated carbocycles. The van der Waals surface area contributed by atoms with E-state index in [4.69, 9.17) is 5.73 Å². The minimum atomic E-state index is 0.597. The number of rotatable bonds is 3. The van der Waals surface area contributed by atoms with Gasteiger partial charge in [-0.25, -0.2) is 0 Å². The highest BCUT2D eigenvalue weighted by Gasteiger charge is 1.85. The van der Waals surface area contributed by atoms with Crippen molar-refractivity contribution in [3.8, 4) is 0 Å². The fraction of sp³-hybridized carbons (Fsp3) is 0.167. The average molecular weight is 173 g/mol. The third-order valence-electron chi connectivity index (χ3n) is 1.71. The summed E-state index contributed by atoms with van der Waals surface area (Å²) >= 11 is 0. The van der Waals surface area contributed by atoms with Crippen LogP contribution in [0.5, 0.6) is 0 Å². The Labute approximate surface area is 79.6 Å². The van der Waals surface area contributed by atoms with Gasteiger partial charge < -0.3 is 5.73 Å². The maximum absolute atomic E-state index is 5.36. The Bertz CT molecular complexity index is 296. The van der Waals surface area contributed by atoms with Crippen molar-refractivity contribution in [1.82, 2.24) is 0 Å². The monoisotopic (exact) mass is 173 g/mol. The number of nitrogens with two attached hydrogens (primary N) is 1. The van der Waals surface area contributed by atoms with Crippen LogP contribution in [0, 0.1) is 0 Å². The fourth-order valence-electron chi connectivity index (χ4n) is 1.11. The van der Waals surface area contributed by atoms with E-state index < -0.39 is 0 Å². The quantitative estimate of drug-likeness (QED) is 0.698. The summed E-state index contributed by atoms with van der Waals surface area (Å²) in [7, 11) is 0. The first kappa shape index (κ1) is 9.75. The van der Waals surface area contributed by atoms with E-state index in [-0.39, 0.29) is 0 Å². The fourth-order valence-corrected chi connectivity index (χ4v) is 1.11. The lowest BCUT2D eigenvalue weighted by Crippen LogP contribution is -1.92. The molecule has 0 atom stereocenters. The maximum Gasteiger partial charge on any atom is 0.0110 e. The van der Waals surface area contributed by atoms with Crippen molar-refractivity contribution >= 4 is 6.08 Å². The molecule has 1 aromatic carbocycles. The van der Waals surface area contributed by atoms with Gasteiger partial charge in [-0.3, -0.25) is 0 Å². The second-order valence-electron chi connectivity index (χ2n) is 2.94. The van der Waals surface area contributed by atoms with Gasteiger partial charge in [0.25, 0.3) is 0 Å². The lowest BCUT2D eigenvalue weighted by molar-refractivity contribution is 1.25. The van der Waals surface area contributed by atoms with Crippen molar-refractivity contribution in [2.75, 3.05) is 6.54 Å². The number of hydrogen-bond acceptors (Lipinski definition) is 1. The van der Waals surface area contributed by atoms with Crippen LogP contribution in [0.1, 0.15) is 12.5 Å². The maximum atomic E-state index is 5.36. The van der Waals surface area contributed by atoms with Crippen molar-refractivity contribution in [1.29, 1.82) is 0 Å². The first-order valence-electron chi connectivity index (χ1n) is 4.43. The van der Waals surface area contributed by atoms with Gasteiger partial charge in [0.1, 0.15) is 0 Å². The molecule has 0 aliphatic heterocycles. The van der Waals surface area contributed by atoms with Crippen LogP contribution in [0.15, 0.2) is 48.1 Å². The summed E-state index contributed by atoms with van der Waals surface area (Å²) in [5, 5.41) is 0. The van der Waals surface area contributed by atoms with E-state index in [1.165, 1.54) is 11.1 Å². The molecule has 1 heteroatoms. The minimum Gasteiger partial charge on any atom is -0.327 e. The Morgan fingerprint density at radius 1 is 1.31 bits per heavy atom. The molecule has 0 amide bonds. The molecule has 1 rings (SSSR count). The highest BCUT2D eigenvalue weighted by Crippen LogP contribution is 2.06. The van der Waals surface area contributed by atoms with E-state index in [1.807, 2.05) is 30.4 Å². The largest absolute Gasteiger partial charge is 0.327 e. The smallest absolute Gasteiger partial charge is 0.0110 e.